The van der Waals surface area contributed by atoms with Gasteiger partial charge in [-0.25, -0.2) is 0 Å². The Bertz CT molecular complexity index is 1210. The van der Waals surface area contributed by atoms with Crippen LogP contribution >= 0.6 is 0 Å². The molecule has 0 spiro atoms. The molecule has 0 aliphatic carbocycles. The summed E-state index contributed by atoms with van der Waals surface area (Å²) in [5.74, 6) is 0. The molecular weight excluding hydrogens is 404 g/mol. The fraction of sp³-hybridized carbons (Fsp3) is 0.172. The maximum Gasteiger partial charge on any atom is 0.0950 e. The van der Waals surface area contributed by atoms with E-state index in [0.717, 1.165) is 19.8 Å². The fourth-order valence-electron chi connectivity index (χ4n) is 5.11. The van der Waals surface area contributed by atoms with Crippen LogP contribution in [0.5, 0.6) is 0 Å². The van der Waals surface area contributed by atoms with Crippen molar-refractivity contribution in [2.45, 2.75) is 6.42 Å². The average Bonchev–Trinajstić information content (AvgIpc) is 3.37. The van der Waals surface area contributed by atoms with Crippen LogP contribution in [0.25, 0.3) is 0 Å². The van der Waals surface area contributed by atoms with E-state index in [2.05, 4.69) is 131 Å². The molecule has 0 atom stereocenters. The smallest absolute Gasteiger partial charge is 0.0950 e. The SMILES string of the molecule is CN1CN(c2cccc(Cc3cccc(N4CN(C)c5ccccc54)c3)c2)c2ccccc21. The van der Waals surface area contributed by atoms with Gasteiger partial charge in [0, 0.05) is 25.5 Å². The van der Waals surface area contributed by atoms with Gasteiger partial charge in [-0.15, -0.1) is 0 Å². The molecule has 164 valence electrons. The van der Waals surface area contributed by atoms with Crippen molar-refractivity contribution in [3.05, 3.63) is 108 Å². The molecule has 33 heavy (non-hydrogen) atoms. The van der Waals surface area contributed by atoms with Crippen LogP contribution < -0.4 is 19.6 Å². The lowest BCUT2D eigenvalue weighted by Crippen LogP contribution is -2.24. The van der Waals surface area contributed by atoms with Crippen LogP contribution in [0.15, 0.2) is 97.1 Å². The lowest BCUT2D eigenvalue weighted by molar-refractivity contribution is 0.946. The largest absolute Gasteiger partial charge is 0.355 e. The molecule has 0 fully saturated rings. The van der Waals surface area contributed by atoms with Crippen molar-refractivity contribution in [2.75, 3.05) is 47.0 Å². The molecule has 0 saturated heterocycles. The summed E-state index contributed by atoms with van der Waals surface area (Å²) in [6.07, 6.45) is 0.915. The summed E-state index contributed by atoms with van der Waals surface area (Å²) >= 11 is 0. The number of nitrogens with zero attached hydrogens (tertiary/aromatic N) is 4. The van der Waals surface area contributed by atoms with Gasteiger partial charge in [-0.2, -0.15) is 0 Å². The van der Waals surface area contributed by atoms with Crippen LogP contribution in [0.1, 0.15) is 11.1 Å². The molecule has 0 unspecified atom stereocenters. The van der Waals surface area contributed by atoms with Crippen molar-refractivity contribution in [3.63, 3.8) is 0 Å². The van der Waals surface area contributed by atoms with E-state index in [9.17, 15) is 0 Å². The van der Waals surface area contributed by atoms with Gasteiger partial charge in [-0.1, -0.05) is 48.5 Å². The molecule has 6 rings (SSSR count). The first kappa shape index (κ1) is 19.7. The van der Waals surface area contributed by atoms with E-state index in [1.165, 1.54) is 45.3 Å². The van der Waals surface area contributed by atoms with Crippen LogP contribution in [0.2, 0.25) is 0 Å². The molecule has 0 N–H and O–H groups in total. The number of anilines is 6. The maximum absolute atomic E-state index is 2.40. The minimum Gasteiger partial charge on any atom is -0.355 e. The number of hydrogen-bond acceptors (Lipinski definition) is 4. The third-order valence-electron chi connectivity index (χ3n) is 6.73. The molecule has 4 aromatic carbocycles. The van der Waals surface area contributed by atoms with Crippen molar-refractivity contribution in [1.82, 2.24) is 0 Å². The van der Waals surface area contributed by atoms with E-state index in [1.54, 1.807) is 0 Å². The zero-order chi connectivity index (χ0) is 22.4. The van der Waals surface area contributed by atoms with Crippen molar-refractivity contribution in [3.8, 4) is 0 Å². The average molecular weight is 433 g/mol. The zero-order valence-corrected chi connectivity index (χ0v) is 19.1. The van der Waals surface area contributed by atoms with Gasteiger partial charge in [0.2, 0.25) is 0 Å². The minimum atomic E-state index is 0.875. The van der Waals surface area contributed by atoms with Gasteiger partial charge < -0.3 is 19.6 Å². The highest BCUT2D eigenvalue weighted by atomic mass is 15.4. The molecular formula is C29H28N4. The van der Waals surface area contributed by atoms with Crippen molar-refractivity contribution in [1.29, 1.82) is 0 Å². The summed E-state index contributed by atoms with van der Waals surface area (Å²) in [5, 5.41) is 0. The van der Waals surface area contributed by atoms with Crippen molar-refractivity contribution in [2.24, 2.45) is 0 Å². The molecule has 4 heteroatoms. The molecule has 4 aromatic rings. The van der Waals surface area contributed by atoms with Gasteiger partial charge in [-0.05, 0) is 66.1 Å². The standard InChI is InChI=1S/C29H28N4/c1-30-20-32(28-15-5-3-13-26(28)30)24-11-7-9-22(18-24)17-23-10-8-12-25(19-23)33-21-31(2)27-14-4-6-16-29(27)33/h3-16,18-19H,17,20-21H2,1-2H3. The zero-order valence-electron chi connectivity index (χ0n) is 19.1. The van der Waals surface area contributed by atoms with Gasteiger partial charge in [0.1, 0.15) is 0 Å². The second-order valence-electron chi connectivity index (χ2n) is 9.03. The second kappa shape index (κ2) is 7.89. The molecule has 0 aromatic heterocycles. The Labute approximate surface area is 195 Å². The van der Waals surface area contributed by atoms with Crippen LogP contribution in [0, 0.1) is 0 Å². The van der Waals surface area contributed by atoms with Crippen LogP contribution in [-0.2, 0) is 6.42 Å². The number of rotatable bonds is 4. The van der Waals surface area contributed by atoms with Crippen molar-refractivity contribution < 1.29 is 0 Å². The van der Waals surface area contributed by atoms with Crippen molar-refractivity contribution >= 4 is 34.1 Å². The maximum atomic E-state index is 2.40. The summed E-state index contributed by atoms with van der Waals surface area (Å²) in [6, 6.07) is 35.2. The molecule has 0 bridgehead atoms. The Hall–Kier alpha value is -3.92. The predicted molar refractivity (Wildman–Crippen MR) is 139 cm³/mol. The third kappa shape index (κ3) is 3.48. The molecule has 0 saturated carbocycles. The van der Waals surface area contributed by atoms with Gasteiger partial charge in [0.15, 0.2) is 0 Å². The minimum absolute atomic E-state index is 0.875. The number of hydrogen-bond donors (Lipinski definition) is 0. The highest BCUT2D eigenvalue weighted by molar-refractivity contribution is 5.83. The number of benzene rings is 4. The second-order valence-corrected chi connectivity index (χ2v) is 9.03. The Balaban J connectivity index is 1.27. The topological polar surface area (TPSA) is 13.0 Å². The number of fused-ring (bicyclic) bond motifs is 2. The van der Waals surface area contributed by atoms with E-state index in [0.29, 0.717) is 0 Å². The first-order valence-corrected chi connectivity index (χ1v) is 11.5. The highest BCUT2D eigenvalue weighted by Gasteiger charge is 2.25. The summed E-state index contributed by atoms with van der Waals surface area (Å²) in [4.78, 5) is 9.39. The lowest BCUT2D eigenvalue weighted by atomic mass is 10.0. The summed E-state index contributed by atoms with van der Waals surface area (Å²) in [6.45, 7) is 1.75. The van der Waals surface area contributed by atoms with Crippen LogP contribution in [-0.4, -0.2) is 27.4 Å². The summed E-state index contributed by atoms with van der Waals surface area (Å²) < 4.78 is 0. The normalized spacial score (nSPS) is 14.6. The van der Waals surface area contributed by atoms with E-state index in [4.69, 9.17) is 0 Å². The molecule has 0 radical (unpaired) electrons. The Morgan fingerprint density at radius 1 is 0.515 bits per heavy atom. The van der Waals surface area contributed by atoms with Gasteiger partial charge in [-0.3, -0.25) is 0 Å². The molecule has 2 aliphatic heterocycles. The van der Waals surface area contributed by atoms with Crippen LogP contribution in [0.4, 0.5) is 34.1 Å². The van der Waals surface area contributed by atoms with Crippen LogP contribution in [0.3, 0.4) is 0 Å². The predicted octanol–water partition coefficient (Wildman–Crippen LogP) is 6.37. The molecule has 2 heterocycles. The molecule has 0 amide bonds. The quantitative estimate of drug-likeness (QED) is 0.371. The highest BCUT2D eigenvalue weighted by Crippen LogP contribution is 2.41. The Morgan fingerprint density at radius 2 is 0.939 bits per heavy atom. The van der Waals surface area contributed by atoms with E-state index >= 15 is 0 Å². The summed E-state index contributed by atoms with van der Waals surface area (Å²) in [5.41, 5.74) is 10.3. The monoisotopic (exact) mass is 432 g/mol. The van der Waals surface area contributed by atoms with Gasteiger partial charge >= 0.3 is 0 Å². The first-order chi connectivity index (χ1) is 16.2. The lowest BCUT2D eigenvalue weighted by Gasteiger charge is -2.21. The van der Waals surface area contributed by atoms with E-state index in [1.807, 2.05) is 0 Å². The fourth-order valence-corrected chi connectivity index (χ4v) is 5.11. The first-order valence-electron chi connectivity index (χ1n) is 11.5. The third-order valence-corrected chi connectivity index (χ3v) is 6.73. The van der Waals surface area contributed by atoms with Gasteiger partial charge in [0.25, 0.3) is 0 Å². The molecule has 4 nitrogen and oxygen atoms in total. The summed E-state index contributed by atoms with van der Waals surface area (Å²) in [7, 11) is 4.31. The Kier molecular flexibility index (Phi) is 4.72. The number of para-hydroxylation sites is 4. The Morgan fingerprint density at radius 3 is 1.39 bits per heavy atom. The van der Waals surface area contributed by atoms with Gasteiger partial charge in [0.05, 0.1) is 36.1 Å². The van der Waals surface area contributed by atoms with E-state index < -0.39 is 0 Å². The van der Waals surface area contributed by atoms with E-state index in [-0.39, 0.29) is 0 Å². The molecule has 2 aliphatic rings.